The Kier molecular flexibility index (Phi) is 4.45. The second-order valence-electron chi connectivity index (χ2n) is 5.51. The molecule has 0 saturated carbocycles. The van der Waals surface area contributed by atoms with Crippen LogP contribution in [0.2, 0.25) is 0 Å². The third-order valence-electron chi connectivity index (χ3n) is 3.93. The summed E-state index contributed by atoms with van der Waals surface area (Å²) in [4.78, 5) is 12.2. The smallest absolute Gasteiger partial charge is 0.276 e. The molecule has 0 spiro atoms. The molecule has 3 heterocycles. The van der Waals surface area contributed by atoms with Crippen molar-refractivity contribution in [1.82, 2.24) is 29.3 Å². The monoisotopic (exact) mass is 327 g/mol. The first-order valence-electron chi connectivity index (χ1n) is 7.99. The van der Waals surface area contributed by atoms with E-state index < -0.39 is 0 Å². The van der Waals surface area contributed by atoms with Gasteiger partial charge in [-0.3, -0.25) is 18.8 Å². The van der Waals surface area contributed by atoms with Crippen LogP contribution in [0.3, 0.4) is 0 Å². The topological polar surface area (TPSA) is 82.6 Å². The van der Waals surface area contributed by atoms with Crippen LogP contribution in [0.15, 0.2) is 30.9 Å². The Balaban J connectivity index is 1.66. The van der Waals surface area contributed by atoms with E-state index in [0.29, 0.717) is 17.9 Å². The highest BCUT2D eigenvalue weighted by Gasteiger charge is 2.11. The van der Waals surface area contributed by atoms with Crippen molar-refractivity contribution >= 4 is 11.6 Å². The number of carbonyl (C=O) groups is 1. The van der Waals surface area contributed by atoms with Gasteiger partial charge in [0.2, 0.25) is 0 Å². The second kappa shape index (κ2) is 6.69. The lowest BCUT2D eigenvalue weighted by Gasteiger charge is -2.03. The van der Waals surface area contributed by atoms with Crippen molar-refractivity contribution in [3.63, 3.8) is 0 Å². The van der Waals surface area contributed by atoms with Crippen LogP contribution in [0.5, 0.6) is 0 Å². The summed E-state index contributed by atoms with van der Waals surface area (Å²) in [6.07, 6.45) is 7.08. The van der Waals surface area contributed by atoms with Gasteiger partial charge in [-0.05, 0) is 26.8 Å². The molecule has 8 nitrogen and oxygen atoms in total. The Hall–Kier alpha value is -2.90. The average molecular weight is 327 g/mol. The number of rotatable bonds is 6. The Labute approximate surface area is 140 Å². The van der Waals surface area contributed by atoms with Crippen LogP contribution in [0.1, 0.15) is 35.6 Å². The van der Waals surface area contributed by atoms with Crippen LogP contribution < -0.4 is 5.32 Å². The molecule has 0 unspecified atom stereocenters. The first-order chi connectivity index (χ1) is 11.6. The summed E-state index contributed by atoms with van der Waals surface area (Å²) in [7, 11) is 0. The number of aryl methyl sites for hydroxylation is 2. The molecule has 0 bridgehead atoms. The highest BCUT2D eigenvalue weighted by molar-refractivity contribution is 6.02. The van der Waals surface area contributed by atoms with E-state index >= 15 is 0 Å². The summed E-state index contributed by atoms with van der Waals surface area (Å²) in [6.45, 7) is 8.27. The van der Waals surface area contributed by atoms with Crippen molar-refractivity contribution in [3.05, 3.63) is 47.8 Å². The van der Waals surface area contributed by atoms with Gasteiger partial charge in [-0.2, -0.15) is 15.3 Å². The fourth-order valence-electron chi connectivity index (χ4n) is 2.50. The summed E-state index contributed by atoms with van der Waals surface area (Å²) in [5.74, 6) is -0.239. The molecule has 8 heteroatoms. The van der Waals surface area contributed by atoms with Crippen molar-refractivity contribution in [3.8, 4) is 0 Å². The molecule has 126 valence electrons. The SMILES string of the molecule is CCn1ccc(C(=O)Nc2cnn(Cc3cnn(CC)c3C)c2)n1. The highest BCUT2D eigenvalue weighted by atomic mass is 16.2. The molecule has 0 aromatic carbocycles. The number of amides is 1. The minimum atomic E-state index is -0.239. The third-order valence-corrected chi connectivity index (χ3v) is 3.93. The number of nitrogens with zero attached hydrogens (tertiary/aromatic N) is 6. The molecular weight excluding hydrogens is 306 g/mol. The highest BCUT2D eigenvalue weighted by Crippen LogP contribution is 2.12. The zero-order chi connectivity index (χ0) is 17.1. The Bertz CT molecular complexity index is 842. The van der Waals surface area contributed by atoms with Gasteiger partial charge in [0.05, 0.1) is 24.6 Å². The average Bonchev–Trinajstić information content (AvgIpc) is 3.29. The molecule has 0 radical (unpaired) electrons. The number of carbonyl (C=O) groups excluding carboxylic acids is 1. The summed E-state index contributed by atoms with van der Waals surface area (Å²) < 4.78 is 5.45. The molecule has 0 fully saturated rings. The Morgan fingerprint density at radius 2 is 2.00 bits per heavy atom. The normalized spacial score (nSPS) is 11.0. The number of anilines is 1. The van der Waals surface area contributed by atoms with E-state index in [1.165, 1.54) is 0 Å². The lowest BCUT2D eigenvalue weighted by Crippen LogP contribution is -2.13. The van der Waals surface area contributed by atoms with Crippen molar-refractivity contribution in [2.24, 2.45) is 0 Å². The lowest BCUT2D eigenvalue weighted by molar-refractivity contribution is 0.102. The van der Waals surface area contributed by atoms with Crippen LogP contribution in [-0.2, 0) is 19.6 Å². The number of aromatic nitrogens is 6. The molecule has 0 aliphatic heterocycles. The summed E-state index contributed by atoms with van der Waals surface area (Å²) >= 11 is 0. The Morgan fingerprint density at radius 3 is 2.67 bits per heavy atom. The fourth-order valence-corrected chi connectivity index (χ4v) is 2.50. The van der Waals surface area contributed by atoms with E-state index in [9.17, 15) is 4.79 Å². The second-order valence-corrected chi connectivity index (χ2v) is 5.51. The van der Waals surface area contributed by atoms with Crippen LogP contribution in [-0.4, -0.2) is 35.2 Å². The van der Waals surface area contributed by atoms with Gasteiger partial charge in [0, 0.05) is 36.7 Å². The van der Waals surface area contributed by atoms with Gasteiger partial charge < -0.3 is 5.32 Å². The van der Waals surface area contributed by atoms with Gasteiger partial charge in [-0.25, -0.2) is 0 Å². The van der Waals surface area contributed by atoms with Crippen molar-refractivity contribution in [2.75, 3.05) is 5.32 Å². The maximum atomic E-state index is 12.2. The van der Waals surface area contributed by atoms with Gasteiger partial charge in [-0.1, -0.05) is 0 Å². The molecule has 3 rings (SSSR count). The van der Waals surface area contributed by atoms with E-state index in [2.05, 4.69) is 27.5 Å². The standard InChI is InChI=1S/C16H21N7O/c1-4-21-7-6-15(20-21)16(24)19-14-9-17-22(11-14)10-13-8-18-23(5-2)12(13)3/h6-9,11H,4-5,10H2,1-3H3,(H,19,24). The molecule has 1 amide bonds. The van der Waals surface area contributed by atoms with Crippen LogP contribution in [0, 0.1) is 6.92 Å². The number of hydrogen-bond acceptors (Lipinski definition) is 4. The van der Waals surface area contributed by atoms with E-state index in [-0.39, 0.29) is 5.91 Å². The van der Waals surface area contributed by atoms with Gasteiger partial charge in [-0.15, -0.1) is 0 Å². The van der Waals surface area contributed by atoms with E-state index in [1.807, 2.05) is 24.7 Å². The van der Waals surface area contributed by atoms with E-state index in [1.54, 1.807) is 34.0 Å². The largest absolute Gasteiger partial charge is 0.318 e. The summed E-state index contributed by atoms with van der Waals surface area (Å²) in [5, 5.41) is 15.6. The maximum absolute atomic E-state index is 12.2. The molecule has 3 aromatic heterocycles. The molecule has 0 saturated heterocycles. The van der Waals surface area contributed by atoms with Crippen LogP contribution in [0.4, 0.5) is 5.69 Å². The van der Waals surface area contributed by atoms with Crippen molar-refractivity contribution in [2.45, 2.75) is 40.4 Å². The Morgan fingerprint density at radius 1 is 1.17 bits per heavy atom. The predicted molar refractivity (Wildman–Crippen MR) is 89.8 cm³/mol. The first kappa shape index (κ1) is 16.0. The molecule has 24 heavy (non-hydrogen) atoms. The van der Waals surface area contributed by atoms with Gasteiger partial charge in [0.1, 0.15) is 0 Å². The maximum Gasteiger partial charge on any atom is 0.276 e. The van der Waals surface area contributed by atoms with Crippen LogP contribution in [0.25, 0.3) is 0 Å². The molecule has 3 aromatic rings. The third kappa shape index (κ3) is 3.22. The first-order valence-corrected chi connectivity index (χ1v) is 7.99. The van der Waals surface area contributed by atoms with E-state index in [0.717, 1.165) is 24.3 Å². The lowest BCUT2D eigenvalue weighted by atomic mass is 10.2. The predicted octanol–water partition coefficient (Wildman–Crippen LogP) is 1.92. The zero-order valence-corrected chi connectivity index (χ0v) is 14.1. The van der Waals surface area contributed by atoms with Crippen molar-refractivity contribution in [1.29, 1.82) is 0 Å². The van der Waals surface area contributed by atoms with E-state index in [4.69, 9.17) is 0 Å². The summed E-state index contributed by atoms with van der Waals surface area (Å²) in [5.41, 5.74) is 3.28. The minimum absolute atomic E-state index is 0.239. The molecular formula is C16H21N7O. The minimum Gasteiger partial charge on any atom is -0.318 e. The van der Waals surface area contributed by atoms with Crippen molar-refractivity contribution < 1.29 is 4.79 Å². The fraction of sp³-hybridized carbons (Fsp3) is 0.375. The van der Waals surface area contributed by atoms with Gasteiger partial charge in [0.25, 0.3) is 5.91 Å². The summed E-state index contributed by atoms with van der Waals surface area (Å²) in [6, 6.07) is 1.70. The molecule has 0 aliphatic rings. The van der Waals surface area contributed by atoms with Gasteiger partial charge >= 0.3 is 0 Å². The number of hydrogen-bond donors (Lipinski definition) is 1. The quantitative estimate of drug-likeness (QED) is 0.750. The van der Waals surface area contributed by atoms with Crippen LogP contribution >= 0.6 is 0 Å². The van der Waals surface area contributed by atoms with Gasteiger partial charge in [0.15, 0.2) is 5.69 Å². The molecule has 0 atom stereocenters. The molecule has 0 aliphatic carbocycles. The zero-order valence-electron chi connectivity index (χ0n) is 14.1. The molecule has 1 N–H and O–H groups in total. The number of nitrogens with one attached hydrogen (secondary N) is 1.